The lowest BCUT2D eigenvalue weighted by atomic mass is 10.1. The largest absolute Gasteiger partial charge is 0.462 e. The molecule has 2 aromatic rings. The average Bonchev–Trinajstić information content (AvgIpc) is 2.71. The summed E-state index contributed by atoms with van der Waals surface area (Å²) in [5, 5.41) is 7.70. The van der Waals surface area contributed by atoms with Gasteiger partial charge in [0.05, 0.1) is 17.9 Å². The van der Waals surface area contributed by atoms with E-state index < -0.39 is 0 Å². The third kappa shape index (κ3) is 3.24. The molecule has 0 radical (unpaired) electrons. The van der Waals surface area contributed by atoms with Crippen molar-refractivity contribution in [3.63, 3.8) is 0 Å². The normalized spacial score (nSPS) is 10.5. The number of aromatic nitrogens is 2. The zero-order valence-corrected chi connectivity index (χ0v) is 12.9. The van der Waals surface area contributed by atoms with Crippen LogP contribution in [0.25, 0.3) is 0 Å². The highest BCUT2D eigenvalue weighted by Crippen LogP contribution is 2.19. The fourth-order valence-electron chi connectivity index (χ4n) is 2.28. The second-order valence-electron chi connectivity index (χ2n) is 4.89. The molecule has 0 fully saturated rings. The molecule has 0 spiro atoms. The minimum atomic E-state index is -0.305. The molecule has 2 rings (SSSR count). The highest BCUT2D eigenvalue weighted by molar-refractivity contribution is 5.95. The van der Waals surface area contributed by atoms with Crippen LogP contribution in [0, 0.1) is 13.8 Å². The van der Waals surface area contributed by atoms with Gasteiger partial charge in [-0.1, -0.05) is 12.1 Å². The van der Waals surface area contributed by atoms with E-state index in [1.807, 2.05) is 43.8 Å². The zero-order valence-electron chi connectivity index (χ0n) is 12.9. The maximum Gasteiger partial charge on any atom is 0.340 e. The summed E-state index contributed by atoms with van der Waals surface area (Å²) in [5.74, 6) is -0.305. The molecule has 0 aliphatic heterocycles. The lowest BCUT2D eigenvalue weighted by molar-refractivity contribution is 0.0527. The molecule has 21 heavy (non-hydrogen) atoms. The van der Waals surface area contributed by atoms with Crippen LogP contribution in [0.5, 0.6) is 0 Å². The molecule has 1 aromatic heterocycles. The van der Waals surface area contributed by atoms with E-state index in [1.165, 1.54) is 0 Å². The van der Waals surface area contributed by atoms with Crippen LogP contribution in [-0.2, 0) is 18.3 Å². The number of hydrogen-bond donors (Lipinski definition) is 1. The summed E-state index contributed by atoms with van der Waals surface area (Å²) in [6.07, 6.45) is 0. The molecule has 1 heterocycles. The summed E-state index contributed by atoms with van der Waals surface area (Å²) in [4.78, 5) is 11.9. The molecule has 5 nitrogen and oxygen atoms in total. The SMILES string of the molecule is CCOC(=O)c1ccccc1NCc1c(C)nn(C)c1C. The van der Waals surface area contributed by atoms with E-state index in [0.29, 0.717) is 18.7 Å². The first-order chi connectivity index (χ1) is 10.0. The number of benzene rings is 1. The van der Waals surface area contributed by atoms with Gasteiger partial charge in [0, 0.05) is 30.5 Å². The van der Waals surface area contributed by atoms with Gasteiger partial charge in [-0.05, 0) is 32.9 Å². The lowest BCUT2D eigenvalue weighted by Gasteiger charge is -2.11. The minimum Gasteiger partial charge on any atom is -0.462 e. The number of carbonyl (C=O) groups excluding carboxylic acids is 1. The Bertz CT molecular complexity index is 647. The predicted octanol–water partition coefficient (Wildman–Crippen LogP) is 2.83. The Morgan fingerprint density at radius 3 is 2.67 bits per heavy atom. The molecule has 0 unspecified atom stereocenters. The Morgan fingerprint density at radius 2 is 2.05 bits per heavy atom. The molecular weight excluding hydrogens is 266 g/mol. The molecule has 0 bridgehead atoms. The standard InChI is InChI=1S/C16H21N3O2/c1-5-21-16(20)13-8-6-7-9-15(13)17-10-14-11(2)18-19(4)12(14)3/h6-9,17H,5,10H2,1-4H3. The van der Waals surface area contributed by atoms with Crippen LogP contribution in [0.3, 0.4) is 0 Å². The number of nitrogens with one attached hydrogen (secondary N) is 1. The molecule has 1 aromatic carbocycles. The number of para-hydroxylation sites is 1. The van der Waals surface area contributed by atoms with Crippen LogP contribution in [0.2, 0.25) is 0 Å². The summed E-state index contributed by atoms with van der Waals surface area (Å²) < 4.78 is 6.94. The van der Waals surface area contributed by atoms with E-state index in [4.69, 9.17) is 4.74 Å². The summed E-state index contributed by atoms with van der Waals surface area (Å²) >= 11 is 0. The molecule has 0 atom stereocenters. The number of nitrogens with zero attached hydrogens (tertiary/aromatic N) is 2. The molecule has 1 N–H and O–H groups in total. The molecule has 0 amide bonds. The first-order valence-corrected chi connectivity index (χ1v) is 7.03. The topological polar surface area (TPSA) is 56.1 Å². The first-order valence-electron chi connectivity index (χ1n) is 7.03. The predicted molar refractivity (Wildman–Crippen MR) is 82.4 cm³/mol. The molecule has 5 heteroatoms. The van der Waals surface area contributed by atoms with Gasteiger partial charge in [0.1, 0.15) is 0 Å². The van der Waals surface area contributed by atoms with Crippen LogP contribution >= 0.6 is 0 Å². The summed E-state index contributed by atoms with van der Waals surface area (Å²) in [6, 6.07) is 7.38. The number of rotatable bonds is 5. The van der Waals surface area contributed by atoms with Gasteiger partial charge in [-0.3, -0.25) is 4.68 Å². The molecular formula is C16H21N3O2. The smallest absolute Gasteiger partial charge is 0.340 e. The Kier molecular flexibility index (Phi) is 4.62. The van der Waals surface area contributed by atoms with E-state index in [0.717, 1.165) is 22.6 Å². The second-order valence-corrected chi connectivity index (χ2v) is 4.89. The third-order valence-corrected chi connectivity index (χ3v) is 3.54. The fraction of sp³-hybridized carbons (Fsp3) is 0.375. The molecule has 0 aliphatic rings. The number of aryl methyl sites for hydroxylation is 2. The van der Waals surface area contributed by atoms with E-state index in [-0.39, 0.29) is 5.97 Å². The van der Waals surface area contributed by atoms with Crippen molar-refractivity contribution in [2.45, 2.75) is 27.3 Å². The van der Waals surface area contributed by atoms with Crippen LogP contribution in [0.15, 0.2) is 24.3 Å². The van der Waals surface area contributed by atoms with E-state index in [2.05, 4.69) is 10.4 Å². The monoisotopic (exact) mass is 287 g/mol. The molecule has 112 valence electrons. The van der Waals surface area contributed by atoms with Crippen LogP contribution in [-0.4, -0.2) is 22.4 Å². The molecule has 0 saturated heterocycles. The highest BCUT2D eigenvalue weighted by atomic mass is 16.5. The van der Waals surface area contributed by atoms with Gasteiger partial charge >= 0.3 is 5.97 Å². The van der Waals surface area contributed by atoms with Crippen molar-refractivity contribution in [1.29, 1.82) is 0 Å². The summed E-state index contributed by atoms with van der Waals surface area (Å²) in [7, 11) is 1.93. The van der Waals surface area contributed by atoms with E-state index in [1.54, 1.807) is 13.0 Å². The Balaban J connectivity index is 2.19. The number of anilines is 1. The van der Waals surface area contributed by atoms with Gasteiger partial charge in [-0.25, -0.2) is 4.79 Å². The van der Waals surface area contributed by atoms with Gasteiger partial charge < -0.3 is 10.1 Å². The van der Waals surface area contributed by atoms with E-state index >= 15 is 0 Å². The number of ether oxygens (including phenoxy) is 1. The Hall–Kier alpha value is -2.30. The fourth-order valence-corrected chi connectivity index (χ4v) is 2.28. The number of carbonyl (C=O) groups is 1. The highest BCUT2D eigenvalue weighted by Gasteiger charge is 2.13. The molecule has 0 aliphatic carbocycles. The zero-order chi connectivity index (χ0) is 15.4. The maximum atomic E-state index is 11.9. The number of hydrogen-bond acceptors (Lipinski definition) is 4. The van der Waals surface area contributed by atoms with Crippen molar-refractivity contribution >= 4 is 11.7 Å². The van der Waals surface area contributed by atoms with Crippen molar-refractivity contribution < 1.29 is 9.53 Å². The van der Waals surface area contributed by atoms with Crippen LogP contribution in [0.1, 0.15) is 34.2 Å². The van der Waals surface area contributed by atoms with Gasteiger partial charge in [0.25, 0.3) is 0 Å². The average molecular weight is 287 g/mol. The third-order valence-electron chi connectivity index (χ3n) is 3.54. The van der Waals surface area contributed by atoms with Gasteiger partial charge in [0.15, 0.2) is 0 Å². The Morgan fingerprint density at radius 1 is 1.33 bits per heavy atom. The van der Waals surface area contributed by atoms with Crippen LogP contribution < -0.4 is 5.32 Å². The van der Waals surface area contributed by atoms with Gasteiger partial charge in [-0.15, -0.1) is 0 Å². The second kappa shape index (κ2) is 6.43. The molecule has 0 saturated carbocycles. The van der Waals surface area contributed by atoms with Crippen molar-refractivity contribution in [3.8, 4) is 0 Å². The van der Waals surface area contributed by atoms with Gasteiger partial charge in [0.2, 0.25) is 0 Å². The first kappa shape index (κ1) is 15.1. The minimum absolute atomic E-state index is 0.305. The van der Waals surface area contributed by atoms with Crippen molar-refractivity contribution in [3.05, 3.63) is 46.8 Å². The lowest BCUT2D eigenvalue weighted by Crippen LogP contribution is -2.10. The van der Waals surface area contributed by atoms with E-state index in [9.17, 15) is 4.79 Å². The summed E-state index contributed by atoms with van der Waals surface area (Å²) in [5.41, 5.74) is 4.60. The number of esters is 1. The van der Waals surface area contributed by atoms with Crippen LogP contribution in [0.4, 0.5) is 5.69 Å². The maximum absolute atomic E-state index is 11.9. The van der Waals surface area contributed by atoms with Crippen molar-refractivity contribution in [2.75, 3.05) is 11.9 Å². The van der Waals surface area contributed by atoms with Crippen molar-refractivity contribution in [2.24, 2.45) is 7.05 Å². The Labute approximate surface area is 124 Å². The van der Waals surface area contributed by atoms with Gasteiger partial charge in [-0.2, -0.15) is 5.10 Å². The quantitative estimate of drug-likeness (QED) is 0.859. The van der Waals surface area contributed by atoms with Crippen molar-refractivity contribution in [1.82, 2.24) is 9.78 Å². The summed E-state index contributed by atoms with van der Waals surface area (Å²) in [6.45, 7) is 6.82.